The maximum absolute atomic E-state index is 12.3. The van der Waals surface area contributed by atoms with E-state index in [-0.39, 0.29) is 17.5 Å². The van der Waals surface area contributed by atoms with Crippen molar-refractivity contribution in [2.24, 2.45) is 0 Å². The van der Waals surface area contributed by atoms with Gasteiger partial charge in [0.2, 0.25) is 9.84 Å². The lowest BCUT2D eigenvalue weighted by Gasteiger charge is -2.17. The number of hydrogen-bond donors (Lipinski definition) is 0. The lowest BCUT2D eigenvalue weighted by Crippen LogP contribution is -2.30. The first kappa shape index (κ1) is 16.3. The zero-order valence-electron chi connectivity index (χ0n) is 12.9. The molecule has 0 saturated carbocycles. The number of sulfone groups is 1. The van der Waals surface area contributed by atoms with Gasteiger partial charge in [-0.25, -0.2) is 13.2 Å². The Labute approximate surface area is 141 Å². The molecule has 2 aromatic carbocycles. The highest BCUT2D eigenvalue weighted by Gasteiger charge is 2.31. The minimum absolute atomic E-state index is 0.188. The molecule has 1 heterocycles. The van der Waals surface area contributed by atoms with Gasteiger partial charge in [0.15, 0.2) is 0 Å². The van der Waals surface area contributed by atoms with Gasteiger partial charge in [0.05, 0.1) is 16.3 Å². The fourth-order valence-corrected chi connectivity index (χ4v) is 3.52. The van der Waals surface area contributed by atoms with E-state index in [1.807, 2.05) is 30.3 Å². The summed E-state index contributed by atoms with van der Waals surface area (Å²) in [5, 5.41) is 1.05. The van der Waals surface area contributed by atoms with Crippen molar-refractivity contribution in [2.45, 2.75) is 17.4 Å². The van der Waals surface area contributed by atoms with Crippen LogP contribution < -0.4 is 0 Å². The van der Waals surface area contributed by atoms with Crippen molar-refractivity contribution < 1.29 is 17.9 Å². The maximum Gasteiger partial charge on any atom is 0.414 e. The number of hydrogen-bond acceptors (Lipinski definition) is 4. The topological polar surface area (TPSA) is 63.7 Å². The van der Waals surface area contributed by atoms with Crippen LogP contribution in [-0.4, -0.2) is 32.1 Å². The van der Waals surface area contributed by atoms with Crippen molar-refractivity contribution in [3.05, 3.63) is 77.8 Å². The molecule has 0 aliphatic carbocycles. The number of ether oxygens (including phenoxy) is 1. The van der Waals surface area contributed by atoms with E-state index in [0.717, 1.165) is 11.0 Å². The van der Waals surface area contributed by atoms with Crippen LogP contribution in [0.25, 0.3) is 0 Å². The summed E-state index contributed by atoms with van der Waals surface area (Å²) in [6, 6.07) is 17.6. The lowest BCUT2D eigenvalue weighted by molar-refractivity contribution is 0.166. The Morgan fingerprint density at radius 2 is 1.67 bits per heavy atom. The summed E-state index contributed by atoms with van der Waals surface area (Å²) in [7, 11) is -3.60. The molecule has 0 spiro atoms. The molecule has 24 heavy (non-hydrogen) atoms. The monoisotopic (exact) mass is 343 g/mol. The first-order valence-corrected chi connectivity index (χ1v) is 9.08. The van der Waals surface area contributed by atoms with Crippen LogP contribution in [0, 0.1) is 0 Å². The SMILES string of the molecule is O=C1OCC(Cc2ccccc2)N1/C=C/S(=O)(=O)c1ccccc1. The quantitative estimate of drug-likeness (QED) is 0.837. The van der Waals surface area contributed by atoms with E-state index < -0.39 is 15.9 Å². The average molecular weight is 343 g/mol. The molecule has 1 saturated heterocycles. The summed E-state index contributed by atoms with van der Waals surface area (Å²) in [5.41, 5.74) is 1.06. The molecular formula is C18H17NO4S. The molecule has 3 rings (SSSR count). The van der Waals surface area contributed by atoms with Crippen LogP contribution in [-0.2, 0) is 21.0 Å². The Hall–Kier alpha value is -2.60. The minimum atomic E-state index is -3.60. The van der Waals surface area contributed by atoms with Gasteiger partial charge in [0.1, 0.15) is 6.61 Å². The second-order valence-corrected chi connectivity index (χ2v) is 7.30. The van der Waals surface area contributed by atoms with E-state index in [9.17, 15) is 13.2 Å². The molecule has 1 amide bonds. The second-order valence-electron chi connectivity index (χ2n) is 5.47. The van der Waals surface area contributed by atoms with Gasteiger partial charge in [0, 0.05) is 6.20 Å². The van der Waals surface area contributed by atoms with E-state index in [1.54, 1.807) is 18.2 Å². The van der Waals surface area contributed by atoms with E-state index in [0.29, 0.717) is 6.42 Å². The van der Waals surface area contributed by atoms with Crippen LogP contribution in [0.1, 0.15) is 5.56 Å². The van der Waals surface area contributed by atoms with Crippen LogP contribution in [0.3, 0.4) is 0 Å². The number of nitrogens with zero attached hydrogens (tertiary/aromatic N) is 1. The molecule has 0 N–H and O–H groups in total. The molecule has 0 bridgehead atoms. The van der Waals surface area contributed by atoms with Crippen molar-refractivity contribution in [3.63, 3.8) is 0 Å². The highest BCUT2D eigenvalue weighted by molar-refractivity contribution is 7.94. The molecule has 5 nitrogen and oxygen atoms in total. The van der Waals surface area contributed by atoms with Crippen molar-refractivity contribution in [1.29, 1.82) is 0 Å². The van der Waals surface area contributed by atoms with Gasteiger partial charge in [-0.05, 0) is 24.1 Å². The predicted octanol–water partition coefficient (Wildman–Crippen LogP) is 3.00. The number of cyclic esters (lactones) is 1. The third kappa shape index (κ3) is 3.65. The van der Waals surface area contributed by atoms with Gasteiger partial charge in [0.25, 0.3) is 0 Å². The fraction of sp³-hybridized carbons (Fsp3) is 0.167. The minimum Gasteiger partial charge on any atom is -0.447 e. The molecule has 1 atom stereocenters. The Kier molecular flexibility index (Phi) is 4.66. The van der Waals surface area contributed by atoms with E-state index >= 15 is 0 Å². The number of carbonyl (C=O) groups excluding carboxylic acids is 1. The second kappa shape index (κ2) is 6.88. The third-order valence-electron chi connectivity index (χ3n) is 3.79. The Morgan fingerprint density at radius 1 is 1.04 bits per heavy atom. The van der Waals surface area contributed by atoms with Gasteiger partial charge in [-0.15, -0.1) is 0 Å². The molecule has 1 fully saturated rings. The van der Waals surface area contributed by atoms with Crippen molar-refractivity contribution in [1.82, 2.24) is 4.90 Å². The molecule has 2 aromatic rings. The number of amides is 1. The van der Waals surface area contributed by atoms with Crippen molar-refractivity contribution >= 4 is 15.9 Å². The Morgan fingerprint density at radius 3 is 2.33 bits per heavy atom. The lowest BCUT2D eigenvalue weighted by atomic mass is 10.1. The first-order valence-electron chi connectivity index (χ1n) is 7.53. The van der Waals surface area contributed by atoms with Gasteiger partial charge < -0.3 is 4.74 Å². The summed E-state index contributed by atoms with van der Waals surface area (Å²) < 4.78 is 29.7. The smallest absolute Gasteiger partial charge is 0.414 e. The molecule has 1 aliphatic heterocycles. The molecule has 124 valence electrons. The summed E-state index contributed by atoms with van der Waals surface area (Å²) >= 11 is 0. The predicted molar refractivity (Wildman–Crippen MR) is 89.9 cm³/mol. The zero-order valence-corrected chi connectivity index (χ0v) is 13.7. The van der Waals surface area contributed by atoms with Crippen molar-refractivity contribution in [3.8, 4) is 0 Å². The highest BCUT2D eigenvalue weighted by atomic mass is 32.2. The first-order chi connectivity index (χ1) is 11.6. The zero-order chi connectivity index (χ0) is 17.0. The van der Waals surface area contributed by atoms with E-state index in [2.05, 4.69) is 0 Å². The van der Waals surface area contributed by atoms with Crippen LogP contribution in [0.5, 0.6) is 0 Å². The standard InChI is InChI=1S/C18H17NO4S/c20-18-19(11-12-24(21,22)17-9-5-2-6-10-17)16(14-23-18)13-15-7-3-1-4-8-15/h1-12,16H,13-14H2/b12-11+. The summed E-state index contributed by atoms with van der Waals surface area (Å²) in [6.45, 7) is 0.240. The maximum atomic E-state index is 12.3. The summed E-state index contributed by atoms with van der Waals surface area (Å²) in [5.74, 6) is 0. The number of benzene rings is 2. The Bertz CT molecular complexity index is 832. The summed E-state index contributed by atoms with van der Waals surface area (Å²) in [6.07, 6.45) is 1.36. The van der Waals surface area contributed by atoms with Gasteiger partial charge in [-0.3, -0.25) is 4.90 Å². The summed E-state index contributed by atoms with van der Waals surface area (Å²) in [4.78, 5) is 13.4. The van der Waals surface area contributed by atoms with Crippen LogP contribution >= 0.6 is 0 Å². The Balaban J connectivity index is 1.78. The largest absolute Gasteiger partial charge is 0.447 e. The number of rotatable bonds is 5. The molecule has 6 heteroatoms. The van der Waals surface area contributed by atoms with Gasteiger partial charge in [-0.1, -0.05) is 48.5 Å². The van der Waals surface area contributed by atoms with Crippen LogP contribution in [0.2, 0.25) is 0 Å². The highest BCUT2D eigenvalue weighted by Crippen LogP contribution is 2.19. The molecule has 1 aliphatic rings. The molecule has 0 aromatic heterocycles. The molecule has 0 radical (unpaired) electrons. The van der Waals surface area contributed by atoms with Gasteiger partial charge >= 0.3 is 6.09 Å². The van der Waals surface area contributed by atoms with E-state index in [1.165, 1.54) is 23.2 Å². The van der Waals surface area contributed by atoms with E-state index in [4.69, 9.17) is 4.74 Å². The van der Waals surface area contributed by atoms with Crippen molar-refractivity contribution in [2.75, 3.05) is 6.61 Å². The van der Waals surface area contributed by atoms with Crippen LogP contribution in [0.4, 0.5) is 4.79 Å². The molecule has 1 unspecified atom stereocenters. The average Bonchev–Trinajstić information content (AvgIpc) is 2.95. The van der Waals surface area contributed by atoms with Crippen LogP contribution in [0.15, 0.2) is 77.2 Å². The third-order valence-corrected chi connectivity index (χ3v) is 5.20. The number of carbonyl (C=O) groups is 1. The fourth-order valence-electron chi connectivity index (χ4n) is 2.53. The molecular weight excluding hydrogens is 326 g/mol. The normalized spacial score (nSPS) is 18.1. The van der Waals surface area contributed by atoms with Gasteiger partial charge in [-0.2, -0.15) is 0 Å².